The number of aryl methyl sites for hydroxylation is 2. The molecule has 0 aliphatic heterocycles. The van der Waals surface area contributed by atoms with Gasteiger partial charge < -0.3 is 35.3 Å². The Bertz CT molecular complexity index is 1630. The summed E-state index contributed by atoms with van der Waals surface area (Å²) < 4.78 is 10.2. The normalized spacial score (nSPS) is 10.2. The van der Waals surface area contributed by atoms with Crippen molar-refractivity contribution in [3.63, 3.8) is 0 Å². The van der Waals surface area contributed by atoms with Crippen molar-refractivity contribution < 1.29 is 24.1 Å². The van der Waals surface area contributed by atoms with Crippen LogP contribution in [0.2, 0.25) is 12.0 Å². The third-order valence-corrected chi connectivity index (χ3v) is 6.39. The Morgan fingerprint density at radius 3 is 1.81 bits per heavy atom. The summed E-state index contributed by atoms with van der Waals surface area (Å²) in [6.45, 7) is 6.52. The molecule has 2 heterocycles. The summed E-state index contributed by atoms with van der Waals surface area (Å²) in [5.41, 5.74) is 2.58. The third kappa shape index (κ3) is 13.0. The summed E-state index contributed by atoms with van der Waals surface area (Å²) in [6.07, 6.45) is 0. The highest BCUT2D eigenvalue weighted by Gasteiger charge is 2.11. The van der Waals surface area contributed by atoms with Crippen LogP contribution in [0, 0.1) is 13.8 Å². The van der Waals surface area contributed by atoms with E-state index < -0.39 is 19.1 Å². The number of nitrogens with one attached hydrogen (secondary N) is 5. The summed E-state index contributed by atoms with van der Waals surface area (Å²) in [7, 11) is 4.43. The minimum Gasteiger partial charge on any atom is -0.497 e. The maximum Gasteiger partial charge on any atom is 0.376 e. The van der Waals surface area contributed by atoms with Gasteiger partial charge in [0.2, 0.25) is 11.9 Å². The van der Waals surface area contributed by atoms with Gasteiger partial charge in [0.05, 0.1) is 14.2 Å². The predicted octanol–water partition coefficient (Wildman–Crippen LogP) is 4.98. The molecule has 0 saturated heterocycles. The number of benzene rings is 2. The zero-order chi connectivity index (χ0) is 34.3. The van der Waals surface area contributed by atoms with Crippen LogP contribution in [0.4, 0.5) is 38.7 Å². The standard InChI is InChI=1S/C17H25BN6O3.C13H13ClN4O2/c1-12-10-15(19-8-9-24(3)18(2)26)22-16(20-12)23-17(25)21-13-6-5-7-14(11-13)27-4;1-8-6-11(14)17-12(15-8)18-13(19)16-9-4-3-5-10(7-9)20-2/h5-7,10-11,26H,8-9H2,1-4H3,(H3,19,20,21,22,23,25);3-7H,1-2H3,(H2,15,16,17,18,19). The van der Waals surface area contributed by atoms with Crippen molar-refractivity contribution in [2.45, 2.75) is 20.7 Å². The molecule has 15 nitrogen and oxygen atoms in total. The number of urea groups is 2. The zero-order valence-corrected chi connectivity index (χ0v) is 27.7. The SMILES string of the molecule is COc1cccc(NC(=O)Nc2nc(C)cc(Cl)n2)c1.COc1cccc(NC(=O)Nc2nc(C)cc(NCCN(C)B(C)O)n2)c1. The molecule has 0 saturated carbocycles. The fourth-order valence-electron chi connectivity index (χ4n) is 3.78. The average Bonchev–Trinajstić information content (AvgIpc) is 3.00. The van der Waals surface area contributed by atoms with Crippen LogP contribution in [0.3, 0.4) is 0 Å². The molecule has 4 amide bonds. The number of aromatic nitrogens is 4. The van der Waals surface area contributed by atoms with E-state index in [4.69, 9.17) is 21.1 Å². The first-order chi connectivity index (χ1) is 22.4. The van der Waals surface area contributed by atoms with Crippen LogP contribution in [0.5, 0.6) is 11.5 Å². The third-order valence-electron chi connectivity index (χ3n) is 6.19. The maximum absolute atomic E-state index is 12.2. The van der Waals surface area contributed by atoms with E-state index in [1.807, 2.05) is 14.0 Å². The van der Waals surface area contributed by atoms with Crippen molar-refractivity contribution in [3.8, 4) is 11.5 Å². The second kappa shape index (κ2) is 18.1. The number of rotatable bonds is 11. The lowest BCUT2D eigenvalue weighted by atomic mass is 9.86. The van der Waals surface area contributed by atoms with E-state index in [2.05, 4.69) is 46.5 Å². The van der Waals surface area contributed by atoms with Gasteiger partial charge in [-0.05, 0) is 58.1 Å². The summed E-state index contributed by atoms with van der Waals surface area (Å²) in [4.78, 5) is 42.3. The quantitative estimate of drug-likeness (QED) is 0.0937. The number of carbonyl (C=O) groups is 2. The van der Waals surface area contributed by atoms with Crippen molar-refractivity contribution in [2.24, 2.45) is 0 Å². The second-order valence-corrected chi connectivity index (χ2v) is 10.4. The van der Waals surface area contributed by atoms with E-state index in [9.17, 15) is 14.6 Å². The molecule has 0 radical (unpaired) electrons. The number of halogens is 1. The molecule has 0 fully saturated rings. The van der Waals surface area contributed by atoms with Crippen LogP contribution in [0.15, 0.2) is 60.7 Å². The van der Waals surface area contributed by atoms with Crippen molar-refractivity contribution in [1.82, 2.24) is 24.7 Å². The monoisotopic (exact) mass is 664 g/mol. The van der Waals surface area contributed by atoms with E-state index in [1.54, 1.807) is 93.4 Å². The van der Waals surface area contributed by atoms with E-state index in [0.717, 1.165) is 0 Å². The first kappa shape index (κ1) is 36.3. The number of anilines is 5. The lowest BCUT2D eigenvalue weighted by Crippen LogP contribution is -2.36. The zero-order valence-electron chi connectivity index (χ0n) is 27.0. The molecule has 0 bridgehead atoms. The van der Waals surface area contributed by atoms with Gasteiger partial charge in [-0.3, -0.25) is 10.6 Å². The molecule has 6 N–H and O–H groups in total. The Labute approximate surface area is 278 Å². The molecule has 4 rings (SSSR count). The van der Waals surface area contributed by atoms with Crippen molar-refractivity contribution in [2.75, 3.05) is 60.9 Å². The number of ether oxygens (including phenoxy) is 2. The first-order valence-electron chi connectivity index (χ1n) is 14.4. The minimum absolute atomic E-state index is 0.149. The summed E-state index contributed by atoms with van der Waals surface area (Å²) in [5.74, 6) is 2.24. The van der Waals surface area contributed by atoms with E-state index in [-0.39, 0.29) is 17.0 Å². The van der Waals surface area contributed by atoms with Crippen LogP contribution >= 0.6 is 11.6 Å². The van der Waals surface area contributed by atoms with Gasteiger partial charge in [-0.15, -0.1) is 0 Å². The molecule has 0 spiro atoms. The van der Waals surface area contributed by atoms with E-state index >= 15 is 0 Å². The van der Waals surface area contributed by atoms with Crippen molar-refractivity contribution in [1.29, 1.82) is 0 Å². The highest BCUT2D eigenvalue weighted by Crippen LogP contribution is 2.18. The van der Waals surface area contributed by atoms with Gasteiger partial charge in [-0.25, -0.2) is 24.5 Å². The van der Waals surface area contributed by atoms with Gasteiger partial charge in [0, 0.05) is 54.1 Å². The molecule has 248 valence electrons. The number of nitrogens with zero attached hydrogens (tertiary/aromatic N) is 5. The molecular weight excluding hydrogens is 627 g/mol. The summed E-state index contributed by atoms with van der Waals surface area (Å²) >= 11 is 5.79. The number of hydrogen-bond donors (Lipinski definition) is 6. The van der Waals surface area contributed by atoms with Gasteiger partial charge in [0.25, 0.3) is 0 Å². The Hall–Kier alpha value is -5.19. The van der Waals surface area contributed by atoms with Crippen LogP contribution in [-0.4, -0.2) is 83.2 Å². The maximum atomic E-state index is 12.2. The van der Waals surface area contributed by atoms with E-state index in [1.165, 1.54) is 0 Å². The highest BCUT2D eigenvalue weighted by atomic mass is 35.5. The van der Waals surface area contributed by atoms with Crippen LogP contribution in [0.1, 0.15) is 11.4 Å². The summed E-state index contributed by atoms with van der Waals surface area (Å²) in [5, 5.41) is 23.4. The van der Waals surface area contributed by atoms with E-state index in [0.29, 0.717) is 53.2 Å². The number of hydrogen-bond acceptors (Lipinski definition) is 11. The topological polar surface area (TPSA) is 188 Å². The van der Waals surface area contributed by atoms with Crippen LogP contribution in [-0.2, 0) is 0 Å². The molecule has 2 aromatic heterocycles. The highest BCUT2D eigenvalue weighted by molar-refractivity contribution is 6.45. The molecule has 2 aromatic carbocycles. The van der Waals surface area contributed by atoms with Crippen molar-refractivity contribution in [3.05, 3.63) is 77.2 Å². The van der Waals surface area contributed by atoms with Crippen molar-refractivity contribution >= 4 is 59.8 Å². The predicted molar refractivity (Wildman–Crippen MR) is 185 cm³/mol. The average molecular weight is 665 g/mol. The number of carbonyl (C=O) groups excluding carboxylic acids is 2. The fourth-order valence-corrected chi connectivity index (χ4v) is 4.02. The largest absolute Gasteiger partial charge is 0.497 e. The number of amides is 4. The Morgan fingerprint density at radius 2 is 1.32 bits per heavy atom. The Morgan fingerprint density at radius 1 is 0.809 bits per heavy atom. The molecule has 0 aliphatic rings. The Kier molecular flexibility index (Phi) is 14.0. The molecule has 47 heavy (non-hydrogen) atoms. The molecule has 4 aromatic rings. The van der Waals surface area contributed by atoms with Gasteiger partial charge in [-0.2, -0.15) is 4.98 Å². The second-order valence-electron chi connectivity index (χ2n) is 10.0. The molecule has 0 unspecified atom stereocenters. The van der Waals surface area contributed by atoms with Crippen LogP contribution in [0.25, 0.3) is 0 Å². The minimum atomic E-state index is -0.517. The fraction of sp³-hybridized carbons (Fsp3) is 0.267. The first-order valence-corrected chi connectivity index (χ1v) is 14.7. The molecule has 17 heteroatoms. The summed E-state index contributed by atoms with van der Waals surface area (Å²) in [6, 6.07) is 16.5. The molecule has 0 aliphatic carbocycles. The molecular formula is C30H38BClN10O5. The van der Waals surface area contributed by atoms with Gasteiger partial charge >= 0.3 is 19.1 Å². The smallest absolute Gasteiger partial charge is 0.376 e. The van der Waals surface area contributed by atoms with Gasteiger partial charge in [0.1, 0.15) is 22.5 Å². The lowest BCUT2D eigenvalue weighted by Gasteiger charge is -2.17. The number of methoxy groups -OCH3 is 2. The number of likely N-dealkylation sites (N-methyl/N-ethyl adjacent to an activating group) is 1. The van der Waals surface area contributed by atoms with Gasteiger partial charge in [-0.1, -0.05) is 23.7 Å². The Balaban J connectivity index is 0.000000267. The van der Waals surface area contributed by atoms with Crippen LogP contribution < -0.4 is 36.1 Å². The molecule has 0 atom stereocenters. The van der Waals surface area contributed by atoms with Gasteiger partial charge in [0.15, 0.2) is 0 Å². The lowest BCUT2D eigenvalue weighted by molar-refractivity contribution is 0.261.